The van der Waals surface area contributed by atoms with Gasteiger partial charge in [-0.05, 0) is 52.2 Å². The summed E-state index contributed by atoms with van der Waals surface area (Å²) < 4.78 is 10.8. The largest absolute Gasteiger partial charge is 0.478 e. The second kappa shape index (κ2) is 12.2. The predicted molar refractivity (Wildman–Crippen MR) is 115 cm³/mol. The smallest absolute Gasteiger partial charge is 0.407 e. The van der Waals surface area contributed by atoms with Gasteiger partial charge < -0.3 is 14.8 Å². The molecule has 0 spiro atoms. The molecule has 0 saturated carbocycles. The molecule has 0 aliphatic carbocycles. The van der Waals surface area contributed by atoms with Crippen LogP contribution in [0.5, 0.6) is 5.75 Å². The van der Waals surface area contributed by atoms with Crippen molar-refractivity contribution in [3.63, 3.8) is 0 Å². The van der Waals surface area contributed by atoms with Crippen LogP contribution in [0.25, 0.3) is 0 Å². The number of carbonyl (C=O) groups is 2. The molecular formula is C21H21BrN4O4. The van der Waals surface area contributed by atoms with Gasteiger partial charge >= 0.3 is 6.09 Å². The van der Waals surface area contributed by atoms with Crippen molar-refractivity contribution in [3.8, 4) is 11.8 Å². The average Bonchev–Trinajstić information content (AvgIpc) is 2.73. The molecule has 2 amide bonds. The predicted octanol–water partition coefficient (Wildman–Crippen LogP) is 3.68. The Morgan fingerprint density at radius 2 is 2.03 bits per heavy atom. The number of hydrogen-bond donors (Lipinski definition) is 2. The van der Waals surface area contributed by atoms with E-state index in [2.05, 4.69) is 31.8 Å². The lowest BCUT2D eigenvalue weighted by Crippen LogP contribution is -2.33. The van der Waals surface area contributed by atoms with E-state index in [-0.39, 0.29) is 25.5 Å². The van der Waals surface area contributed by atoms with Crippen LogP contribution in [0.15, 0.2) is 58.1 Å². The summed E-state index contributed by atoms with van der Waals surface area (Å²) >= 11 is 3.36. The summed E-state index contributed by atoms with van der Waals surface area (Å²) in [6, 6.07) is 15.7. The van der Waals surface area contributed by atoms with Gasteiger partial charge in [0.1, 0.15) is 11.8 Å². The van der Waals surface area contributed by atoms with Gasteiger partial charge in [-0.1, -0.05) is 30.3 Å². The van der Waals surface area contributed by atoms with E-state index in [4.69, 9.17) is 14.7 Å². The van der Waals surface area contributed by atoms with Crippen LogP contribution in [0.2, 0.25) is 0 Å². The number of amides is 2. The van der Waals surface area contributed by atoms with E-state index >= 15 is 0 Å². The molecule has 0 heterocycles. The minimum atomic E-state index is -0.591. The molecule has 0 aromatic heterocycles. The van der Waals surface area contributed by atoms with Crippen LogP contribution in [0.4, 0.5) is 4.79 Å². The highest BCUT2D eigenvalue weighted by Gasteiger charge is 2.18. The molecule has 2 N–H and O–H groups in total. The summed E-state index contributed by atoms with van der Waals surface area (Å²) in [4.78, 5) is 24.1. The molecule has 9 heteroatoms. The van der Waals surface area contributed by atoms with Gasteiger partial charge in [-0.2, -0.15) is 10.4 Å². The number of ether oxygens (including phenoxy) is 2. The Morgan fingerprint density at radius 3 is 2.70 bits per heavy atom. The van der Waals surface area contributed by atoms with Crippen molar-refractivity contribution in [1.29, 1.82) is 5.26 Å². The van der Waals surface area contributed by atoms with E-state index in [1.165, 1.54) is 6.21 Å². The number of halogens is 1. The van der Waals surface area contributed by atoms with E-state index in [1.807, 2.05) is 36.4 Å². The Hall–Kier alpha value is -3.38. The van der Waals surface area contributed by atoms with E-state index in [9.17, 15) is 9.59 Å². The highest BCUT2D eigenvalue weighted by atomic mass is 79.9. The first-order valence-electron chi connectivity index (χ1n) is 9.13. The number of hydrazone groups is 1. The Bertz CT molecular complexity index is 928. The minimum absolute atomic E-state index is 0.00913. The fourth-order valence-corrected chi connectivity index (χ4v) is 3.00. The van der Waals surface area contributed by atoms with Crippen molar-refractivity contribution in [1.82, 2.24) is 10.7 Å². The second-order valence-electron chi connectivity index (χ2n) is 5.96. The van der Waals surface area contributed by atoms with Gasteiger partial charge in [0.15, 0.2) is 6.61 Å². The van der Waals surface area contributed by atoms with E-state index < -0.39 is 12.1 Å². The van der Waals surface area contributed by atoms with Crippen LogP contribution in [-0.2, 0) is 9.53 Å². The van der Waals surface area contributed by atoms with Gasteiger partial charge in [-0.15, -0.1) is 0 Å². The molecule has 2 rings (SSSR count). The third-order valence-corrected chi connectivity index (χ3v) is 4.43. The SMILES string of the molecule is CCOC(=O)N[C@@H](CC(=O)N/N=C\c1ccc(OCC#N)c(Br)c1)c1ccccc1. The summed E-state index contributed by atoms with van der Waals surface area (Å²) in [5.41, 5.74) is 3.95. The first-order chi connectivity index (χ1) is 14.5. The molecule has 0 aliphatic heterocycles. The fourth-order valence-electron chi connectivity index (χ4n) is 2.49. The molecule has 156 valence electrons. The van der Waals surface area contributed by atoms with Crippen LogP contribution in [0, 0.1) is 11.3 Å². The fraction of sp³-hybridized carbons (Fsp3) is 0.238. The molecule has 2 aromatic rings. The Kier molecular flexibility index (Phi) is 9.34. The van der Waals surface area contributed by atoms with Gasteiger partial charge in [0, 0.05) is 0 Å². The van der Waals surface area contributed by atoms with Gasteiger partial charge in [0.25, 0.3) is 0 Å². The summed E-state index contributed by atoms with van der Waals surface area (Å²) in [5, 5.41) is 15.2. The molecule has 1 atom stereocenters. The number of nitriles is 1. The van der Waals surface area contributed by atoms with E-state index in [1.54, 1.807) is 25.1 Å². The first-order valence-corrected chi connectivity index (χ1v) is 9.92. The standard InChI is InChI=1S/C21H21BrN4O4/c1-2-29-21(28)25-18(16-6-4-3-5-7-16)13-20(27)26-24-14-15-8-9-19(17(22)12-15)30-11-10-23/h3-9,12,14,18H,2,11,13H2,1H3,(H,25,28)(H,26,27)/b24-14-/t18-/m0/s1. The second-order valence-corrected chi connectivity index (χ2v) is 6.82. The number of benzene rings is 2. The number of nitrogens with zero attached hydrogens (tertiary/aromatic N) is 2. The maximum Gasteiger partial charge on any atom is 0.407 e. The summed E-state index contributed by atoms with van der Waals surface area (Å²) in [6.07, 6.45) is 0.879. The highest BCUT2D eigenvalue weighted by molar-refractivity contribution is 9.10. The van der Waals surface area contributed by atoms with E-state index in [0.29, 0.717) is 10.2 Å². The zero-order valence-corrected chi connectivity index (χ0v) is 17.9. The molecule has 30 heavy (non-hydrogen) atoms. The highest BCUT2D eigenvalue weighted by Crippen LogP contribution is 2.25. The van der Waals surface area contributed by atoms with E-state index in [0.717, 1.165) is 11.1 Å². The van der Waals surface area contributed by atoms with Gasteiger partial charge in [0.2, 0.25) is 5.91 Å². The number of rotatable bonds is 9. The third kappa shape index (κ3) is 7.56. The molecule has 0 fully saturated rings. The number of carbonyl (C=O) groups excluding carboxylic acids is 2. The number of hydrogen-bond acceptors (Lipinski definition) is 6. The molecule has 8 nitrogen and oxygen atoms in total. The lowest BCUT2D eigenvalue weighted by molar-refractivity contribution is -0.121. The lowest BCUT2D eigenvalue weighted by atomic mass is 10.0. The van der Waals surface area contributed by atoms with Crippen LogP contribution < -0.4 is 15.5 Å². The first kappa shape index (κ1) is 22.9. The monoisotopic (exact) mass is 472 g/mol. The molecule has 0 bridgehead atoms. The van der Waals surface area contributed by atoms with Crippen molar-refractivity contribution >= 4 is 34.1 Å². The quantitative estimate of drug-likeness (QED) is 0.426. The average molecular weight is 473 g/mol. The van der Waals surface area contributed by atoms with Crippen molar-refractivity contribution in [2.24, 2.45) is 5.10 Å². The van der Waals surface area contributed by atoms with Crippen LogP contribution >= 0.6 is 15.9 Å². The van der Waals surface area contributed by atoms with Gasteiger partial charge in [-0.25, -0.2) is 10.2 Å². The Balaban J connectivity index is 1.97. The van der Waals surface area contributed by atoms with Crippen LogP contribution in [0.1, 0.15) is 30.5 Å². The maximum absolute atomic E-state index is 12.3. The topological polar surface area (TPSA) is 113 Å². The summed E-state index contributed by atoms with van der Waals surface area (Å²) in [6.45, 7) is 1.89. The summed E-state index contributed by atoms with van der Waals surface area (Å²) in [7, 11) is 0. The minimum Gasteiger partial charge on any atom is -0.478 e. The normalized spacial score (nSPS) is 11.4. The molecule has 0 radical (unpaired) electrons. The van der Waals surface area contributed by atoms with Crippen molar-refractivity contribution in [2.75, 3.05) is 13.2 Å². The lowest BCUT2D eigenvalue weighted by Gasteiger charge is -2.18. The molecule has 0 saturated heterocycles. The Labute approximate surface area is 183 Å². The maximum atomic E-state index is 12.3. The van der Waals surface area contributed by atoms with Gasteiger partial charge in [0.05, 0.1) is 29.8 Å². The molecule has 0 unspecified atom stereocenters. The molecular weight excluding hydrogens is 452 g/mol. The number of alkyl carbamates (subject to hydrolysis) is 1. The zero-order valence-electron chi connectivity index (χ0n) is 16.3. The van der Waals surface area contributed by atoms with Crippen molar-refractivity contribution < 1.29 is 19.1 Å². The number of nitrogens with one attached hydrogen (secondary N) is 2. The molecule has 2 aromatic carbocycles. The molecule has 0 aliphatic rings. The van der Waals surface area contributed by atoms with Gasteiger partial charge in [-0.3, -0.25) is 4.79 Å². The van der Waals surface area contributed by atoms with Crippen LogP contribution in [-0.4, -0.2) is 31.4 Å². The summed E-state index contributed by atoms with van der Waals surface area (Å²) in [5.74, 6) is 0.165. The zero-order chi connectivity index (χ0) is 21.8. The Morgan fingerprint density at radius 1 is 1.27 bits per heavy atom. The third-order valence-electron chi connectivity index (χ3n) is 3.81. The van der Waals surface area contributed by atoms with Crippen LogP contribution in [0.3, 0.4) is 0 Å². The van der Waals surface area contributed by atoms with Crippen molar-refractivity contribution in [2.45, 2.75) is 19.4 Å². The van der Waals surface area contributed by atoms with Crippen molar-refractivity contribution in [3.05, 3.63) is 64.1 Å².